The Bertz CT molecular complexity index is 972. The van der Waals surface area contributed by atoms with Crippen molar-refractivity contribution in [2.24, 2.45) is 0 Å². The molecule has 0 unspecified atom stereocenters. The lowest BCUT2D eigenvalue weighted by Crippen LogP contribution is -2.10. The number of rotatable bonds is 4. The zero-order valence-electron chi connectivity index (χ0n) is 14.6. The minimum absolute atomic E-state index is 0. The van der Waals surface area contributed by atoms with Crippen molar-refractivity contribution in [3.63, 3.8) is 0 Å². The van der Waals surface area contributed by atoms with Crippen molar-refractivity contribution >= 4 is 12.4 Å². The molecular weight excluding hydrogens is 362 g/mol. The molecule has 0 fully saturated rings. The first kappa shape index (κ1) is 18.7. The Morgan fingerprint density at radius 3 is 2.70 bits per heavy atom. The number of aromatic nitrogens is 4. The molecule has 1 aliphatic rings. The van der Waals surface area contributed by atoms with Gasteiger partial charge >= 0.3 is 0 Å². The number of aryl methyl sites for hydroxylation is 1. The van der Waals surface area contributed by atoms with Crippen LogP contribution in [-0.4, -0.2) is 19.9 Å². The fourth-order valence-corrected chi connectivity index (χ4v) is 3.21. The topological polar surface area (TPSA) is 84.6 Å². The normalized spacial score (nSPS) is 12.4. The van der Waals surface area contributed by atoms with Gasteiger partial charge in [0.15, 0.2) is 5.69 Å². The highest BCUT2D eigenvalue weighted by molar-refractivity contribution is 5.85. The highest BCUT2D eigenvalue weighted by Gasteiger charge is 2.21. The molecule has 0 N–H and O–H groups in total. The molecule has 3 heterocycles. The Balaban J connectivity index is 0.00000210. The summed E-state index contributed by atoms with van der Waals surface area (Å²) in [6.07, 6.45) is 8.94. The lowest BCUT2D eigenvalue weighted by atomic mass is 9.90. The monoisotopic (exact) mass is 379 g/mol. The predicted molar refractivity (Wildman–Crippen MR) is 102 cm³/mol. The van der Waals surface area contributed by atoms with Crippen molar-refractivity contribution in [2.75, 3.05) is 0 Å². The van der Waals surface area contributed by atoms with E-state index in [0.29, 0.717) is 23.9 Å². The Hall–Kier alpha value is -3.04. The number of pyridine rings is 2. The maximum Gasteiger partial charge on any atom is 0.214 e. The summed E-state index contributed by atoms with van der Waals surface area (Å²) in [6.45, 7) is 0.345. The summed E-state index contributed by atoms with van der Waals surface area (Å²) in [5.74, 6) is 0.529. The summed E-state index contributed by atoms with van der Waals surface area (Å²) in [7, 11) is 0. The van der Waals surface area contributed by atoms with E-state index in [2.05, 4.69) is 26.0 Å². The van der Waals surface area contributed by atoms with E-state index in [-0.39, 0.29) is 12.4 Å². The fraction of sp³-hybridized carbons (Fsp3) is 0.250. The van der Waals surface area contributed by atoms with E-state index in [1.54, 1.807) is 12.4 Å². The predicted octanol–water partition coefficient (Wildman–Crippen LogP) is 3.68. The molecule has 4 rings (SSSR count). The Morgan fingerprint density at radius 1 is 1.04 bits per heavy atom. The summed E-state index contributed by atoms with van der Waals surface area (Å²) >= 11 is 0. The number of nitriles is 1. The van der Waals surface area contributed by atoms with Gasteiger partial charge in [-0.25, -0.2) is 9.97 Å². The third-order valence-electron chi connectivity index (χ3n) is 4.43. The van der Waals surface area contributed by atoms with Crippen LogP contribution in [0.2, 0.25) is 0 Å². The quantitative estimate of drug-likeness (QED) is 0.687. The molecule has 6 nitrogen and oxygen atoms in total. The molecule has 3 aromatic rings. The molecule has 27 heavy (non-hydrogen) atoms. The maximum absolute atomic E-state index is 9.40. The second kappa shape index (κ2) is 8.56. The third-order valence-corrected chi connectivity index (χ3v) is 4.43. The van der Waals surface area contributed by atoms with Gasteiger partial charge in [0.2, 0.25) is 5.88 Å². The molecule has 136 valence electrons. The zero-order valence-corrected chi connectivity index (χ0v) is 15.4. The second-order valence-corrected chi connectivity index (χ2v) is 6.12. The van der Waals surface area contributed by atoms with E-state index in [9.17, 15) is 5.26 Å². The van der Waals surface area contributed by atoms with Crippen LogP contribution >= 0.6 is 12.4 Å². The minimum Gasteiger partial charge on any atom is -0.471 e. The summed E-state index contributed by atoms with van der Waals surface area (Å²) in [5, 5.41) is 9.40. The molecule has 0 saturated heterocycles. The second-order valence-electron chi connectivity index (χ2n) is 6.12. The van der Waals surface area contributed by atoms with E-state index < -0.39 is 0 Å². The number of ether oxygens (including phenoxy) is 1. The summed E-state index contributed by atoms with van der Waals surface area (Å²) < 4.78 is 5.89. The minimum atomic E-state index is 0. The lowest BCUT2D eigenvalue weighted by molar-refractivity contribution is 0.288. The van der Waals surface area contributed by atoms with E-state index in [1.807, 2.05) is 24.3 Å². The van der Waals surface area contributed by atoms with Gasteiger partial charge in [-0.05, 0) is 43.4 Å². The smallest absolute Gasteiger partial charge is 0.214 e. The molecular formula is C20H18ClN5O. The van der Waals surface area contributed by atoms with Crippen LogP contribution < -0.4 is 4.74 Å². The fourth-order valence-electron chi connectivity index (χ4n) is 3.21. The van der Waals surface area contributed by atoms with E-state index in [1.165, 1.54) is 6.20 Å². The van der Waals surface area contributed by atoms with Gasteiger partial charge in [0, 0.05) is 35.9 Å². The van der Waals surface area contributed by atoms with Crippen molar-refractivity contribution in [1.29, 1.82) is 5.26 Å². The Labute approximate surface area is 163 Å². The number of hydrogen-bond acceptors (Lipinski definition) is 6. The van der Waals surface area contributed by atoms with Gasteiger partial charge in [-0.1, -0.05) is 6.07 Å². The van der Waals surface area contributed by atoms with Gasteiger partial charge in [0.25, 0.3) is 0 Å². The van der Waals surface area contributed by atoms with Crippen molar-refractivity contribution in [3.05, 3.63) is 65.5 Å². The average molecular weight is 380 g/mol. The largest absolute Gasteiger partial charge is 0.471 e. The first-order chi connectivity index (χ1) is 12.8. The summed E-state index contributed by atoms with van der Waals surface area (Å²) in [5.41, 5.74) is 4.83. The molecule has 0 atom stereocenters. The molecule has 0 bridgehead atoms. The van der Waals surface area contributed by atoms with Crippen LogP contribution in [0, 0.1) is 11.3 Å². The van der Waals surface area contributed by atoms with Crippen LogP contribution in [0.15, 0.2) is 42.9 Å². The Kier molecular flexibility index (Phi) is 5.94. The third kappa shape index (κ3) is 4.04. The zero-order chi connectivity index (χ0) is 17.8. The highest BCUT2D eigenvalue weighted by atomic mass is 35.5. The molecule has 0 amide bonds. The molecule has 1 aliphatic carbocycles. The molecule has 0 aliphatic heterocycles. The first-order valence-electron chi connectivity index (χ1n) is 8.62. The van der Waals surface area contributed by atoms with Gasteiger partial charge in [0.05, 0.1) is 5.69 Å². The molecule has 3 aromatic heterocycles. The molecule has 0 saturated carbocycles. The SMILES string of the molecule is Cl.N#Cc1nccnc1-c1cc(OCc2ccccn2)nc2c1CCCC2. The van der Waals surface area contributed by atoms with Crippen molar-refractivity contribution in [2.45, 2.75) is 32.3 Å². The van der Waals surface area contributed by atoms with E-state index in [0.717, 1.165) is 48.2 Å². The van der Waals surface area contributed by atoms with Gasteiger partial charge < -0.3 is 4.74 Å². The lowest BCUT2D eigenvalue weighted by Gasteiger charge is -2.20. The number of nitrogens with zero attached hydrogens (tertiary/aromatic N) is 5. The van der Waals surface area contributed by atoms with Gasteiger partial charge in [-0.2, -0.15) is 5.26 Å². The van der Waals surface area contributed by atoms with Gasteiger partial charge in [0.1, 0.15) is 18.4 Å². The highest BCUT2D eigenvalue weighted by Crippen LogP contribution is 2.33. The van der Waals surface area contributed by atoms with Crippen molar-refractivity contribution in [3.8, 4) is 23.2 Å². The van der Waals surface area contributed by atoms with Crippen LogP contribution in [-0.2, 0) is 19.4 Å². The van der Waals surface area contributed by atoms with Crippen LogP contribution in [0.4, 0.5) is 0 Å². The van der Waals surface area contributed by atoms with Gasteiger partial charge in [-0.15, -0.1) is 12.4 Å². The van der Waals surface area contributed by atoms with Crippen LogP contribution in [0.3, 0.4) is 0 Å². The first-order valence-corrected chi connectivity index (χ1v) is 8.62. The van der Waals surface area contributed by atoms with Crippen LogP contribution in [0.5, 0.6) is 5.88 Å². The van der Waals surface area contributed by atoms with Gasteiger partial charge in [-0.3, -0.25) is 9.97 Å². The van der Waals surface area contributed by atoms with E-state index in [4.69, 9.17) is 4.74 Å². The molecule has 0 radical (unpaired) electrons. The van der Waals surface area contributed by atoms with Crippen LogP contribution in [0.25, 0.3) is 11.3 Å². The van der Waals surface area contributed by atoms with Crippen LogP contribution in [0.1, 0.15) is 35.5 Å². The Morgan fingerprint density at radius 2 is 1.89 bits per heavy atom. The van der Waals surface area contributed by atoms with E-state index >= 15 is 0 Å². The number of halogens is 1. The molecule has 0 spiro atoms. The van der Waals surface area contributed by atoms with Crippen molar-refractivity contribution < 1.29 is 4.74 Å². The standard InChI is InChI=1S/C20H17N5O.ClH/c21-12-18-20(24-10-9-23-18)16-11-19(25-17-7-2-1-6-15(16)17)26-13-14-5-3-4-8-22-14;/h3-5,8-11H,1-2,6-7,13H2;1H. The average Bonchev–Trinajstić information content (AvgIpc) is 2.72. The number of fused-ring (bicyclic) bond motifs is 1. The summed E-state index contributed by atoms with van der Waals surface area (Å²) in [6, 6.07) is 9.72. The number of hydrogen-bond donors (Lipinski definition) is 0. The maximum atomic E-state index is 9.40. The van der Waals surface area contributed by atoms with Crippen molar-refractivity contribution in [1.82, 2.24) is 19.9 Å². The molecule has 0 aromatic carbocycles. The molecule has 7 heteroatoms. The summed E-state index contributed by atoms with van der Waals surface area (Å²) in [4.78, 5) is 17.5.